The first-order valence-electron chi connectivity index (χ1n) is 8.22. The van der Waals surface area contributed by atoms with E-state index in [1.54, 1.807) is 20.8 Å². The molecule has 0 bridgehead atoms. The number of aliphatic hydroxyl groups excluding tert-OH is 1. The predicted molar refractivity (Wildman–Crippen MR) is 84.3 cm³/mol. The molecule has 2 N–H and O–H groups in total. The lowest BCUT2D eigenvalue weighted by Crippen LogP contribution is -2.61. The van der Waals surface area contributed by atoms with Gasteiger partial charge in [-0.1, -0.05) is 0 Å². The van der Waals surface area contributed by atoms with Gasteiger partial charge in [-0.25, -0.2) is 9.59 Å². The minimum atomic E-state index is -1.31. The molecule has 2 fully saturated rings. The first-order valence-corrected chi connectivity index (χ1v) is 8.22. The van der Waals surface area contributed by atoms with E-state index in [1.165, 1.54) is 9.80 Å². The Balaban J connectivity index is 2.09. The minimum absolute atomic E-state index is 0.137. The third-order valence-electron chi connectivity index (χ3n) is 4.62. The predicted octanol–water partition coefficient (Wildman–Crippen LogP) is 0.681. The van der Waals surface area contributed by atoms with Crippen molar-refractivity contribution in [2.24, 2.45) is 5.92 Å². The number of hydrogen-bond acceptors (Lipinski definition) is 5. The number of carbonyl (C=O) groups is 3. The van der Waals surface area contributed by atoms with Gasteiger partial charge in [0.05, 0.1) is 0 Å². The van der Waals surface area contributed by atoms with Crippen LogP contribution in [0.25, 0.3) is 0 Å². The van der Waals surface area contributed by atoms with E-state index in [1.807, 2.05) is 0 Å². The molecule has 2 amide bonds. The summed E-state index contributed by atoms with van der Waals surface area (Å²) in [5.41, 5.74) is -1.92. The average molecular weight is 342 g/mol. The number of nitrogens with zero attached hydrogens (tertiary/aromatic N) is 2. The van der Waals surface area contributed by atoms with Crippen molar-refractivity contribution in [1.82, 2.24) is 9.80 Å². The van der Waals surface area contributed by atoms with Crippen LogP contribution < -0.4 is 0 Å². The largest absolute Gasteiger partial charge is 0.479 e. The zero-order valence-electron chi connectivity index (χ0n) is 14.4. The van der Waals surface area contributed by atoms with E-state index in [0.29, 0.717) is 0 Å². The van der Waals surface area contributed by atoms with Crippen LogP contribution in [0.5, 0.6) is 0 Å². The number of carboxylic acids is 1. The van der Waals surface area contributed by atoms with Crippen LogP contribution in [-0.2, 0) is 14.3 Å². The number of carbonyl (C=O) groups excluding carboxylic acids is 2. The summed E-state index contributed by atoms with van der Waals surface area (Å²) in [6.07, 6.45) is 0.0144. The van der Waals surface area contributed by atoms with Crippen LogP contribution in [0.3, 0.4) is 0 Å². The Morgan fingerprint density at radius 1 is 1.29 bits per heavy atom. The summed E-state index contributed by atoms with van der Waals surface area (Å²) < 4.78 is 5.31. The van der Waals surface area contributed by atoms with E-state index in [4.69, 9.17) is 4.74 Å². The topological polar surface area (TPSA) is 107 Å². The highest BCUT2D eigenvalue weighted by Crippen LogP contribution is 2.35. The fraction of sp³-hybridized carbons (Fsp3) is 0.812. The second kappa shape index (κ2) is 6.58. The van der Waals surface area contributed by atoms with Crippen molar-refractivity contribution in [1.29, 1.82) is 0 Å². The highest BCUT2D eigenvalue weighted by atomic mass is 16.6. The van der Waals surface area contributed by atoms with Gasteiger partial charge in [0.15, 0.2) is 0 Å². The quantitative estimate of drug-likeness (QED) is 0.781. The molecule has 2 aliphatic heterocycles. The van der Waals surface area contributed by atoms with E-state index >= 15 is 0 Å². The monoisotopic (exact) mass is 342 g/mol. The summed E-state index contributed by atoms with van der Waals surface area (Å²) >= 11 is 0. The fourth-order valence-corrected chi connectivity index (χ4v) is 3.30. The molecule has 8 nitrogen and oxygen atoms in total. The number of hydrogen-bond donors (Lipinski definition) is 2. The number of ether oxygens (including phenoxy) is 1. The maximum Gasteiger partial charge on any atom is 0.410 e. The first-order chi connectivity index (χ1) is 11.1. The van der Waals surface area contributed by atoms with Gasteiger partial charge < -0.3 is 24.7 Å². The lowest BCUT2D eigenvalue weighted by molar-refractivity contribution is -0.160. The molecule has 0 spiro atoms. The molecular formula is C16H26N2O6. The number of carboxylic acid groups (broad SMARTS) is 1. The molecule has 0 aromatic heterocycles. The Bertz CT molecular complexity index is 519. The molecule has 1 unspecified atom stereocenters. The molecule has 2 rings (SSSR count). The smallest absolute Gasteiger partial charge is 0.410 e. The van der Waals surface area contributed by atoms with E-state index < -0.39 is 23.2 Å². The highest BCUT2D eigenvalue weighted by Gasteiger charge is 2.52. The Kier molecular flexibility index (Phi) is 5.08. The normalized spacial score (nSPS) is 24.2. The van der Waals surface area contributed by atoms with Crippen LogP contribution >= 0.6 is 0 Å². The lowest BCUT2D eigenvalue weighted by Gasteiger charge is -2.44. The molecule has 0 aromatic carbocycles. The van der Waals surface area contributed by atoms with Crippen LogP contribution in [0.2, 0.25) is 0 Å². The van der Waals surface area contributed by atoms with Gasteiger partial charge in [-0.2, -0.15) is 0 Å². The molecule has 0 aliphatic carbocycles. The van der Waals surface area contributed by atoms with E-state index in [-0.39, 0.29) is 57.3 Å². The molecule has 136 valence electrons. The second-order valence-electron chi connectivity index (χ2n) is 7.56. The highest BCUT2D eigenvalue weighted by molar-refractivity contribution is 5.88. The van der Waals surface area contributed by atoms with Crippen molar-refractivity contribution in [3.05, 3.63) is 0 Å². The maximum atomic E-state index is 12.2. The van der Waals surface area contributed by atoms with E-state index in [9.17, 15) is 24.6 Å². The number of aliphatic carboxylic acids is 1. The molecule has 0 aromatic rings. The minimum Gasteiger partial charge on any atom is -0.479 e. The van der Waals surface area contributed by atoms with Crippen molar-refractivity contribution >= 4 is 18.0 Å². The van der Waals surface area contributed by atoms with Crippen molar-refractivity contribution in [2.45, 2.75) is 51.2 Å². The summed E-state index contributed by atoms with van der Waals surface area (Å²) in [4.78, 5) is 39.1. The molecular weight excluding hydrogens is 316 g/mol. The number of piperidine rings is 1. The number of rotatable bonds is 3. The summed E-state index contributed by atoms with van der Waals surface area (Å²) in [6, 6.07) is 0. The van der Waals surface area contributed by atoms with Crippen molar-refractivity contribution in [3.8, 4) is 0 Å². The first kappa shape index (κ1) is 18.5. The summed E-state index contributed by atoms with van der Waals surface area (Å²) in [7, 11) is 0. The number of likely N-dealkylation sites (tertiary alicyclic amines) is 2. The van der Waals surface area contributed by atoms with Crippen LogP contribution in [0.15, 0.2) is 0 Å². The zero-order valence-corrected chi connectivity index (χ0v) is 14.4. The standard InChI is InChI=1S/C16H26N2O6/c1-15(2,3)24-14(23)17-6-4-16(5-7-17,13(21)22)18-9-11(10-19)8-12(18)20/h11,19H,4-10H2,1-3H3,(H,21,22). The van der Waals surface area contributed by atoms with Crippen LogP contribution in [0.4, 0.5) is 4.79 Å². The SMILES string of the molecule is CC(C)(C)OC(=O)N1CCC(C(=O)O)(N2CC(CO)CC2=O)CC1. The maximum absolute atomic E-state index is 12.2. The number of amides is 2. The van der Waals surface area contributed by atoms with Gasteiger partial charge in [0.2, 0.25) is 5.91 Å². The molecule has 1 atom stereocenters. The Labute approximate surface area is 141 Å². The third kappa shape index (κ3) is 3.63. The Morgan fingerprint density at radius 2 is 1.88 bits per heavy atom. The summed E-state index contributed by atoms with van der Waals surface area (Å²) in [6.45, 7) is 5.86. The average Bonchev–Trinajstić information content (AvgIpc) is 2.87. The molecule has 2 heterocycles. The van der Waals surface area contributed by atoms with Crippen LogP contribution in [-0.4, -0.2) is 75.4 Å². The van der Waals surface area contributed by atoms with Gasteiger partial charge in [0, 0.05) is 38.6 Å². The Hall–Kier alpha value is -1.83. The summed E-state index contributed by atoms with van der Waals surface area (Å²) in [5.74, 6) is -1.53. The third-order valence-corrected chi connectivity index (χ3v) is 4.62. The van der Waals surface area contributed by atoms with Gasteiger partial charge in [-0.15, -0.1) is 0 Å². The van der Waals surface area contributed by atoms with Gasteiger partial charge >= 0.3 is 12.1 Å². The van der Waals surface area contributed by atoms with Gasteiger partial charge in [0.1, 0.15) is 11.1 Å². The fourth-order valence-electron chi connectivity index (χ4n) is 3.30. The Morgan fingerprint density at radius 3 is 2.29 bits per heavy atom. The van der Waals surface area contributed by atoms with E-state index in [2.05, 4.69) is 0 Å². The van der Waals surface area contributed by atoms with Crippen molar-refractivity contribution in [3.63, 3.8) is 0 Å². The molecule has 24 heavy (non-hydrogen) atoms. The van der Waals surface area contributed by atoms with Crippen LogP contribution in [0, 0.1) is 5.92 Å². The molecule has 0 saturated carbocycles. The summed E-state index contributed by atoms with van der Waals surface area (Å²) in [5, 5.41) is 19.0. The second-order valence-corrected chi connectivity index (χ2v) is 7.56. The van der Waals surface area contributed by atoms with E-state index in [0.717, 1.165) is 0 Å². The lowest BCUT2D eigenvalue weighted by atomic mass is 9.85. The molecule has 0 radical (unpaired) electrons. The van der Waals surface area contributed by atoms with Gasteiger partial charge in [-0.3, -0.25) is 4.79 Å². The van der Waals surface area contributed by atoms with Crippen molar-refractivity contribution < 1.29 is 29.3 Å². The zero-order chi connectivity index (χ0) is 18.1. The van der Waals surface area contributed by atoms with Gasteiger partial charge in [-0.05, 0) is 33.6 Å². The van der Waals surface area contributed by atoms with Crippen LogP contribution in [0.1, 0.15) is 40.0 Å². The molecule has 2 saturated heterocycles. The molecule has 8 heteroatoms. The van der Waals surface area contributed by atoms with Gasteiger partial charge in [0.25, 0.3) is 0 Å². The molecule has 2 aliphatic rings. The van der Waals surface area contributed by atoms with Crippen molar-refractivity contribution in [2.75, 3.05) is 26.2 Å². The number of aliphatic hydroxyl groups is 1.